The Kier molecular flexibility index (Phi) is 10.0. The molecule has 0 heterocycles. The fourth-order valence-electron chi connectivity index (χ4n) is 0.783. The van der Waals surface area contributed by atoms with E-state index in [2.05, 4.69) is 12.6 Å². The van der Waals surface area contributed by atoms with E-state index in [1.807, 2.05) is 0 Å². The number of aliphatic carboxylic acids is 1. The van der Waals surface area contributed by atoms with Crippen LogP contribution in [0.15, 0.2) is 0 Å². The van der Waals surface area contributed by atoms with Gasteiger partial charge >= 0.3 is 5.97 Å². The molecule has 0 aliphatic heterocycles. The summed E-state index contributed by atoms with van der Waals surface area (Å²) in [7, 11) is 1.61. The van der Waals surface area contributed by atoms with Crippen molar-refractivity contribution in [3.63, 3.8) is 0 Å². The van der Waals surface area contributed by atoms with Crippen LogP contribution in [0.5, 0.6) is 0 Å². The molecule has 90 valence electrons. The van der Waals surface area contributed by atoms with Gasteiger partial charge in [-0.25, -0.2) is 0 Å². The molecule has 0 aromatic carbocycles. The highest BCUT2D eigenvalue weighted by Gasteiger charge is 2.10. The zero-order valence-corrected chi connectivity index (χ0v) is 9.74. The Morgan fingerprint density at radius 2 is 1.73 bits per heavy atom. The number of carboxylic acid groups (broad SMARTS) is 1. The van der Waals surface area contributed by atoms with Crippen molar-refractivity contribution in [3.05, 3.63) is 0 Å². The molecule has 1 N–H and O–H groups in total. The smallest absolute Gasteiger partial charge is 0.316 e. The Bertz CT molecular complexity index is 165. The van der Waals surface area contributed by atoms with Crippen molar-refractivity contribution in [3.8, 4) is 0 Å². The number of hydrogen-bond acceptors (Lipinski definition) is 5. The minimum Gasteiger partial charge on any atom is -0.480 e. The summed E-state index contributed by atoms with van der Waals surface area (Å²) in [6.45, 7) is 2.45. The lowest BCUT2D eigenvalue weighted by molar-refractivity contribution is -0.136. The van der Waals surface area contributed by atoms with E-state index in [0.29, 0.717) is 39.5 Å². The first-order valence-corrected chi connectivity index (χ1v) is 5.25. The third-order valence-corrected chi connectivity index (χ3v) is 2.10. The highest BCUT2D eigenvalue weighted by Crippen LogP contribution is 2.00. The van der Waals surface area contributed by atoms with Crippen molar-refractivity contribution >= 4 is 18.6 Å². The molecule has 0 radical (unpaired) electrons. The topological polar surface area (TPSA) is 65.0 Å². The lowest BCUT2D eigenvalue weighted by Crippen LogP contribution is -2.17. The SMILES string of the molecule is COCCOCCOCCC(S)C(=O)O. The maximum atomic E-state index is 10.4. The molecule has 0 aromatic rings. The lowest BCUT2D eigenvalue weighted by Gasteiger charge is -2.07. The van der Waals surface area contributed by atoms with Crippen molar-refractivity contribution in [2.45, 2.75) is 11.7 Å². The fraction of sp³-hybridized carbons (Fsp3) is 0.889. The van der Waals surface area contributed by atoms with Crippen molar-refractivity contribution in [2.24, 2.45) is 0 Å². The summed E-state index contributed by atoms with van der Waals surface area (Å²) in [6.07, 6.45) is 0.399. The van der Waals surface area contributed by atoms with E-state index in [0.717, 1.165) is 0 Å². The number of carbonyl (C=O) groups is 1. The average Bonchev–Trinajstić information content (AvgIpc) is 2.21. The summed E-state index contributed by atoms with van der Waals surface area (Å²) in [5.74, 6) is -0.918. The minimum atomic E-state index is -0.918. The number of carboxylic acids is 1. The molecule has 0 fully saturated rings. The van der Waals surface area contributed by atoms with Crippen molar-refractivity contribution in [1.82, 2.24) is 0 Å². The first-order valence-electron chi connectivity index (χ1n) is 4.73. The standard InChI is InChI=1S/C9H18O5S/c1-12-4-5-14-7-6-13-3-2-8(15)9(10)11/h8,15H,2-7H2,1H3,(H,10,11). The van der Waals surface area contributed by atoms with Gasteiger partial charge in [0.25, 0.3) is 0 Å². The molecule has 5 nitrogen and oxygen atoms in total. The summed E-state index contributed by atoms with van der Waals surface area (Å²) in [4.78, 5) is 10.4. The van der Waals surface area contributed by atoms with Crippen molar-refractivity contribution in [1.29, 1.82) is 0 Å². The second-order valence-electron chi connectivity index (χ2n) is 2.86. The maximum absolute atomic E-state index is 10.4. The van der Waals surface area contributed by atoms with Gasteiger partial charge in [-0.05, 0) is 6.42 Å². The fourth-order valence-corrected chi connectivity index (χ4v) is 0.888. The third kappa shape index (κ3) is 9.99. The largest absolute Gasteiger partial charge is 0.480 e. The first kappa shape index (κ1) is 14.7. The normalized spacial score (nSPS) is 12.7. The van der Waals surface area contributed by atoms with Gasteiger partial charge in [0.2, 0.25) is 0 Å². The van der Waals surface area contributed by atoms with E-state index in [1.54, 1.807) is 7.11 Å². The maximum Gasteiger partial charge on any atom is 0.316 e. The molecular formula is C9H18O5S. The second-order valence-corrected chi connectivity index (χ2v) is 3.48. The van der Waals surface area contributed by atoms with Crippen LogP contribution in [0.4, 0.5) is 0 Å². The van der Waals surface area contributed by atoms with Crippen molar-refractivity contribution in [2.75, 3.05) is 40.1 Å². The van der Waals surface area contributed by atoms with E-state index >= 15 is 0 Å². The van der Waals surface area contributed by atoms with E-state index in [4.69, 9.17) is 19.3 Å². The molecule has 0 saturated carbocycles. The van der Waals surface area contributed by atoms with Gasteiger partial charge in [0.1, 0.15) is 5.25 Å². The first-order chi connectivity index (χ1) is 7.18. The van der Waals surface area contributed by atoms with Crippen LogP contribution in [-0.4, -0.2) is 56.5 Å². The Balaban J connectivity index is 3.08. The monoisotopic (exact) mass is 238 g/mol. The van der Waals surface area contributed by atoms with Crippen LogP contribution in [0.25, 0.3) is 0 Å². The predicted molar refractivity (Wildman–Crippen MR) is 58.5 cm³/mol. The highest BCUT2D eigenvalue weighted by atomic mass is 32.1. The molecule has 0 aliphatic carbocycles. The second kappa shape index (κ2) is 10.2. The molecule has 0 saturated heterocycles. The molecular weight excluding hydrogens is 220 g/mol. The summed E-state index contributed by atoms with van der Waals surface area (Å²) in [5, 5.41) is 7.86. The molecule has 0 spiro atoms. The Labute approximate surface area is 95.1 Å². The van der Waals surface area contributed by atoms with Crippen LogP contribution in [0.2, 0.25) is 0 Å². The molecule has 15 heavy (non-hydrogen) atoms. The number of thiol groups is 1. The Hall–Kier alpha value is -0.300. The molecule has 0 rings (SSSR count). The van der Waals surface area contributed by atoms with Crippen LogP contribution < -0.4 is 0 Å². The molecule has 0 bridgehead atoms. The Morgan fingerprint density at radius 3 is 2.27 bits per heavy atom. The molecule has 0 aliphatic rings. The summed E-state index contributed by atoms with van der Waals surface area (Å²) in [6, 6.07) is 0. The summed E-state index contributed by atoms with van der Waals surface area (Å²) < 4.78 is 15.1. The van der Waals surface area contributed by atoms with Gasteiger partial charge < -0.3 is 19.3 Å². The van der Waals surface area contributed by atoms with Crippen LogP contribution in [-0.2, 0) is 19.0 Å². The van der Waals surface area contributed by atoms with Gasteiger partial charge in [-0.2, -0.15) is 12.6 Å². The zero-order chi connectivity index (χ0) is 11.5. The number of rotatable bonds is 10. The minimum absolute atomic E-state index is 0.383. The van der Waals surface area contributed by atoms with E-state index in [-0.39, 0.29) is 0 Å². The van der Waals surface area contributed by atoms with Gasteiger partial charge in [0.05, 0.1) is 26.4 Å². The zero-order valence-electron chi connectivity index (χ0n) is 8.85. The van der Waals surface area contributed by atoms with Crippen molar-refractivity contribution < 1.29 is 24.1 Å². The molecule has 1 atom stereocenters. The predicted octanol–water partition coefficient (Wildman–Crippen LogP) is 0.439. The summed E-state index contributed by atoms with van der Waals surface area (Å²) in [5.41, 5.74) is 0. The van der Waals surface area contributed by atoms with E-state index in [1.165, 1.54) is 0 Å². The van der Waals surface area contributed by atoms with Crippen LogP contribution in [0.3, 0.4) is 0 Å². The Morgan fingerprint density at radius 1 is 1.20 bits per heavy atom. The molecule has 0 amide bonds. The van der Waals surface area contributed by atoms with Gasteiger partial charge in [-0.15, -0.1) is 0 Å². The molecule has 6 heteroatoms. The molecule has 1 unspecified atom stereocenters. The highest BCUT2D eigenvalue weighted by molar-refractivity contribution is 7.81. The third-order valence-electron chi connectivity index (χ3n) is 1.62. The van der Waals surface area contributed by atoms with Gasteiger partial charge in [0.15, 0.2) is 0 Å². The van der Waals surface area contributed by atoms with Crippen LogP contribution in [0, 0.1) is 0 Å². The van der Waals surface area contributed by atoms with Gasteiger partial charge in [-0.1, -0.05) is 0 Å². The quantitative estimate of drug-likeness (QED) is 0.427. The number of hydrogen-bond donors (Lipinski definition) is 2. The van der Waals surface area contributed by atoms with Gasteiger partial charge in [-0.3, -0.25) is 4.79 Å². The van der Waals surface area contributed by atoms with Gasteiger partial charge in [0, 0.05) is 13.7 Å². The number of methoxy groups -OCH3 is 1. The summed E-state index contributed by atoms with van der Waals surface area (Å²) >= 11 is 3.87. The average molecular weight is 238 g/mol. The molecule has 0 aromatic heterocycles. The van der Waals surface area contributed by atoms with E-state index < -0.39 is 11.2 Å². The number of ether oxygens (including phenoxy) is 3. The lowest BCUT2D eigenvalue weighted by atomic mass is 10.3. The van der Waals surface area contributed by atoms with Crippen LogP contribution in [0.1, 0.15) is 6.42 Å². The van der Waals surface area contributed by atoms with Crippen LogP contribution >= 0.6 is 12.6 Å². The van der Waals surface area contributed by atoms with E-state index in [9.17, 15) is 4.79 Å².